The number of aromatic nitrogens is 1. The van der Waals surface area contributed by atoms with E-state index >= 15 is 0 Å². The minimum atomic E-state index is -3.57. The summed E-state index contributed by atoms with van der Waals surface area (Å²) in [5.41, 5.74) is 4.23. The van der Waals surface area contributed by atoms with E-state index in [-0.39, 0.29) is 19.4 Å². The summed E-state index contributed by atoms with van der Waals surface area (Å²) in [5.74, 6) is 0.529. The Morgan fingerprint density at radius 3 is 2.30 bits per heavy atom. The maximum absolute atomic E-state index is 12.7. The highest BCUT2D eigenvalue weighted by Gasteiger charge is 2.28. The third-order valence-electron chi connectivity index (χ3n) is 3.69. The maximum atomic E-state index is 12.7. The van der Waals surface area contributed by atoms with Crippen molar-refractivity contribution in [2.75, 3.05) is 13.2 Å². The second-order valence-electron chi connectivity index (χ2n) is 5.92. The predicted octanol–water partition coefficient (Wildman–Crippen LogP) is 5.43. The maximum Gasteiger partial charge on any atom is 0.388 e. The number of fused-ring (bicyclic) bond motifs is 1. The van der Waals surface area contributed by atoms with Gasteiger partial charge >= 0.3 is 7.60 Å². The van der Waals surface area contributed by atoms with Gasteiger partial charge < -0.3 is 4.42 Å². The lowest BCUT2D eigenvalue weighted by Gasteiger charge is -2.15. The molecule has 27 heavy (non-hydrogen) atoms. The third kappa shape index (κ3) is 5.03. The van der Waals surface area contributed by atoms with Crippen LogP contribution in [0, 0.1) is 6.92 Å². The number of aryl methyl sites for hydroxylation is 1. The van der Waals surface area contributed by atoms with Crippen molar-refractivity contribution in [1.82, 2.24) is 4.98 Å². The molecular formula is C19H22NO6P. The molecule has 0 fully saturated rings. The summed E-state index contributed by atoms with van der Waals surface area (Å²) in [4.78, 5) is 14.1. The molecule has 7 nitrogen and oxygen atoms in total. The largest absolute Gasteiger partial charge is 0.436 e. The highest BCUT2D eigenvalue weighted by atomic mass is 31.2. The van der Waals surface area contributed by atoms with Gasteiger partial charge in [-0.25, -0.2) is 14.8 Å². The summed E-state index contributed by atoms with van der Waals surface area (Å²) in [6, 6.07) is 13.2. The minimum Gasteiger partial charge on any atom is -0.436 e. The number of benzene rings is 2. The monoisotopic (exact) mass is 391 g/mol. The number of hydrogen-bond acceptors (Lipinski definition) is 7. The van der Waals surface area contributed by atoms with Gasteiger partial charge in [-0.2, -0.15) is 0 Å². The number of hydrogen-bond donors (Lipinski definition) is 0. The minimum absolute atomic E-state index is 0.0139. The first-order valence-corrected chi connectivity index (χ1v) is 10.4. The van der Waals surface area contributed by atoms with Gasteiger partial charge in [0.05, 0.1) is 19.4 Å². The molecule has 8 heteroatoms. The van der Waals surface area contributed by atoms with Gasteiger partial charge in [-0.3, -0.25) is 4.57 Å². The van der Waals surface area contributed by atoms with Crippen LogP contribution in [0.15, 0.2) is 46.9 Å². The Morgan fingerprint density at radius 1 is 1.00 bits per heavy atom. The van der Waals surface area contributed by atoms with Crippen LogP contribution in [0.3, 0.4) is 0 Å². The Bertz CT molecular complexity index is 925. The van der Waals surface area contributed by atoms with Crippen LogP contribution in [0.5, 0.6) is 0 Å². The fourth-order valence-electron chi connectivity index (χ4n) is 2.47. The molecule has 0 aliphatic heterocycles. The van der Waals surface area contributed by atoms with Crippen molar-refractivity contribution in [3.05, 3.63) is 53.6 Å². The summed E-state index contributed by atoms with van der Waals surface area (Å²) in [7, 11) is -3.57. The van der Waals surface area contributed by atoms with Gasteiger partial charge in [0, 0.05) is 5.56 Å². The van der Waals surface area contributed by atoms with Crippen molar-refractivity contribution >= 4 is 18.7 Å². The van der Waals surface area contributed by atoms with Gasteiger partial charge in [-0.15, -0.1) is 9.35 Å². The fourth-order valence-corrected chi connectivity index (χ4v) is 3.79. The van der Waals surface area contributed by atoms with Crippen LogP contribution < -0.4 is 0 Å². The molecule has 0 atom stereocenters. The molecule has 0 spiro atoms. The highest BCUT2D eigenvalue weighted by Crippen LogP contribution is 2.52. The second-order valence-corrected chi connectivity index (χ2v) is 7.75. The lowest BCUT2D eigenvalue weighted by molar-refractivity contribution is -0.263. The molecule has 1 heterocycles. The van der Waals surface area contributed by atoms with Crippen molar-refractivity contribution in [2.45, 2.75) is 26.9 Å². The molecule has 0 unspecified atom stereocenters. The third-order valence-corrected chi connectivity index (χ3v) is 5.11. The van der Waals surface area contributed by atoms with Crippen LogP contribution in [-0.4, -0.2) is 18.2 Å². The molecule has 1 aromatic heterocycles. The molecule has 3 rings (SSSR count). The molecule has 144 valence electrons. The quantitative estimate of drug-likeness (QED) is 0.273. The molecule has 3 aromatic rings. The predicted molar refractivity (Wildman–Crippen MR) is 101 cm³/mol. The Kier molecular flexibility index (Phi) is 6.42. The molecule has 0 aliphatic rings. The molecule has 0 bridgehead atoms. The zero-order chi connectivity index (χ0) is 19.3. The number of oxazole rings is 1. The van der Waals surface area contributed by atoms with Crippen molar-refractivity contribution in [1.29, 1.82) is 0 Å². The van der Waals surface area contributed by atoms with Crippen molar-refractivity contribution < 1.29 is 28.1 Å². The SMILES string of the molecule is CCOOP(=O)(Cc1ccc(-c2nc3cc(C)ccc3o2)cc1)OOCC. The summed E-state index contributed by atoms with van der Waals surface area (Å²) in [6.45, 7) is 5.95. The highest BCUT2D eigenvalue weighted by molar-refractivity contribution is 7.52. The molecule has 0 radical (unpaired) electrons. The van der Waals surface area contributed by atoms with Crippen LogP contribution in [0.25, 0.3) is 22.6 Å². The van der Waals surface area contributed by atoms with Crippen LogP contribution >= 0.6 is 7.60 Å². The smallest absolute Gasteiger partial charge is 0.388 e. The number of rotatable bonds is 9. The number of nitrogens with zero attached hydrogens (tertiary/aromatic N) is 1. The Labute approximate surface area is 157 Å². The van der Waals surface area contributed by atoms with E-state index < -0.39 is 7.60 Å². The lowest BCUT2D eigenvalue weighted by atomic mass is 10.1. The van der Waals surface area contributed by atoms with Crippen LogP contribution in [0.2, 0.25) is 0 Å². The van der Waals surface area contributed by atoms with Crippen LogP contribution in [0.4, 0.5) is 0 Å². The summed E-state index contributed by atoms with van der Waals surface area (Å²) >= 11 is 0. The van der Waals surface area contributed by atoms with E-state index in [0.29, 0.717) is 5.89 Å². The van der Waals surface area contributed by atoms with Crippen LogP contribution in [0.1, 0.15) is 25.0 Å². The summed E-state index contributed by atoms with van der Waals surface area (Å²) in [6.07, 6.45) is 0.0139. The van der Waals surface area contributed by atoms with Crippen LogP contribution in [-0.2, 0) is 29.9 Å². The molecule has 2 aromatic carbocycles. The molecule has 0 saturated carbocycles. The Hall–Kier alpha value is -2.02. The first-order chi connectivity index (χ1) is 13.0. The molecular weight excluding hydrogens is 369 g/mol. The standard InChI is InChI=1S/C19H22NO6P/c1-4-22-25-27(21,26-23-5-2)13-15-7-9-16(10-8-15)19-20-17-12-14(3)6-11-18(17)24-19/h6-12H,4-5,13H2,1-3H3. The summed E-state index contributed by atoms with van der Waals surface area (Å²) in [5, 5.41) is 0. The van der Waals surface area contributed by atoms with Crippen molar-refractivity contribution in [2.24, 2.45) is 0 Å². The Morgan fingerprint density at radius 2 is 1.67 bits per heavy atom. The van der Waals surface area contributed by atoms with Crippen molar-refractivity contribution in [3.63, 3.8) is 0 Å². The first-order valence-electron chi connectivity index (χ1n) is 8.71. The van der Waals surface area contributed by atoms with Gasteiger partial charge in [0.2, 0.25) is 5.89 Å². The normalized spacial score (nSPS) is 12.0. The average molecular weight is 391 g/mol. The van der Waals surface area contributed by atoms with E-state index in [4.69, 9.17) is 23.5 Å². The van der Waals surface area contributed by atoms with Gasteiger partial charge in [0.1, 0.15) is 5.52 Å². The topological polar surface area (TPSA) is 80.0 Å². The molecule has 0 N–H and O–H groups in total. The first kappa shape index (κ1) is 19.7. The van der Waals surface area contributed by atoms with E-state index in [1.54, 1.807) is 13.8 Å². The average Bonchev–Trinajstić information content (AvgIpc) is 3.08. The van der Waals surface area contributed by atoms with Gasteiger partial charge in [-0.05, 0) is 56.2 Å². The second kappa shape index (κ2) is 8.78. The molecule has 0 aliphatic carbocycles. The van der Waals surface area contributed by atoms with Crippen molar-refractivity contribution in [3.8, 4) is 11.5 Å². The molecule has 0 saturated heterocycles. The lowest BCUT2D eigenvalue weighted by Crippen LogP contribution is -2.01. The van der Waals surface area contributed by atoms with Gasteiger partial charge in [0.25, 0.3) is 0 Å². The van der Waals surface area contributed by atoms with E-state index in [0.717, 1.165) is 27.8 Å². The Balaban J connectivity index is 1.77. The summed E-state index contributed by atoms with van der Waals surface area (Å²) < 4.78 is 28.3. The van der Waals surface area contributed by atoms with Gasteiger partial charge in [0.15, 0.2) is 5.58 Å². The van der Waals surface area contributed by atoms with E-state index in [1.165, 1.54) is 0 Å². The zero-order valence-electron chi connectivity index (χ0n) is 15.5. The zero-order valence-corrected chi connectivity index (χ0v) is 16.4. The van der Waals surface area contributed by atoms with Gasteiger partial charge in [-0.1, -0.05) is 18.2 Å². The van der Waals surface area contributed by atoms with E-state index in [2.05, 4.69) is 4.98 Å². The molecule has 0 amide bonds. The fraction of sp³-hybridized carbons (Fsp3) is 0.316. The van der Waals surface area contributed by atoms with E-state index in [9.17, 15) is 4.57 Å². The van der Waals surface area contributed by atoms with E-state index in [1.807, 2.05) is 49.4 Å².